The van der Waals surface area contributed by atoms with Crippen molar-refractivity contribution in [3.05, 3.63) is 61.2 Å². The third-order valence-electron chi connectivity index (χ3n) is 3.42. The molecule has 9 nitrogen and oxygen atoms in total. The minimum atomic E-state index is -0.487. The Kier molecular flexibility index (Phi) is 4.74. The van der Waals surface area contributed by atoms with E-state index >= 15 is 0 Å². The average Bonchev–Trinajstić information content (AvgIpc) is 3.18. The number of hydrogen-bond acceptors (Lipinski definition) is 6. The summed E-state index contributed by atoms with van der Waals surface area (Å²) >= 11 is 0. The molecule has 0 saturated carbocycles. The van der Waals surface area contributed by atoms with Gasteiger partial charge in [-0.25, -0.2) is 14.6 Å². The van der Waals surface area contributed by atoms with Crippen molar-refractivity contribution in [3.8, 4) is 0 Å². The van der Waals surface area contributed by atoms with Gasteiger partial charge in [-0.05, 0) is 31.2 Å². The molecule has 2 heterocycles. The number of amides is 2. The topological polar surface area (TPSA) is 115 Å². The van der Waals surface area contributed by atoms with Crippen LogP contribution in [0.3, 0.4) is 0 Å². The summed E-state index contributed by atoms with van der Waals surface area (Å²) in [6.07, 6.45) is 7.18. The second kappa shape index (κ2) is 7.30. The fourth-order valence-corrected chi connectivity index (χ4v) is 2.03. The zero-order valence-electron chi connectivity index (χ0n) is 13.3. The lowest BCUT2D eigenvalue weighted by atomic mass is 10.2. The Hall–Kier alpha value is -3.62. The zero-order chi connectivity index (χ0) is 17.6. The molecule has 2 amide bonds. The number of nitrogens with one attached hydrogen (secondary N) is 2. The predicted octanol–water partition coefficient (Wildman–Crippen LogP) is 1.52. The van der Waals surface area contributed by atoms with Gasteiger partial charge in [0.25, 0.3) is 5.91 Å². The summed E-state index contributed by atoms with van der Waals surface area (Å²) in [6.45, 7) is 1.72. The van der Waals surface area contributed by atoms with Gasteiger partial charge in [0.15, 0.2) is 0 Å². The van der Waals surface area contributed by atoms with Gasteiger partial charge in [0.05, 0.1) is 6.20 Å². The number of nitrogens with zero attached hydrogens (tertiary/aromatic N) is 5. The maximum absolute atomic E-state index is 12.2. The highest BCUT2D eigenvalue weighted by Crippen LogP contribution is 2.16. The molecule has 0 aliphatic carbocycles. The molecule has 2 aromatic heterocycles. The summed E-state index contributed by atoms with van der Waals surface area (Å²) < 4.78 is 1.46. The van der Waals surface area contributed by atoms with E-state index in [0.29, 0.717) is 11.4 Å². The molecule has 3 rings (SSSR count). The molecule has 0 radical (unpaired) electrons. The maximum atomic E-state index is 12.2. The van der Waals surface area contributed by atoms with Gasteiger partial charge in [-0.15, -0.1) is 0 Å². The molecule has 1 aromatic carbocycles. The minimum Gasteiger partial charge on any atom is -0.324 e. The van der Waals surface area contributed by atoms with Crippen molar-refractivity contribution in [2.24, 2.45) is 0 Å². The second-order valence-corrected chi connectivity index (χ2v) is 5.16. The number of benzene rings is 1. The predicted molar refractivity (Wildman–Crippen MR) is 89.8 cm³/mol. The first kappa shape index (κ1) is 16.2. The fourth-order valence-electron chi connectivity index (χ4n) is 2.03. The molecule has 126 valence electrons. The van der Waals surface area contributed by atoms with Crippen molar-refractivity contribution in [3.63, 3.8) is 0 Å². The van der Waals surface area contributed by atoms with Gasteiger partial charge in [0.1, 0.15) is 24.4 Å². The van der Waals surface area contributed by atoms with Crippen LogP contribution in [0.15, 0.2) is 55.5 Å². The Bertz CT molecular complexity index is 848. The largest absolute Gasteiger partial charge is 0.324 e. The van der Waals surface area contributed by atoms with Crippen LogP contribution in [-0.4, -0.2) is 36.5 Å². The first-order valence-corrected chi connectivity index (χ1v) is 7.46. The van der Waals surface area contributed by atoms with Crippen LogP contribution in [0, 0.1) is 0 Å². The number of aromatic nitrogens is 5. The van der Waals surface area contributed by atoms with E-state index in [0.717, 1.165) is 0 Å². The molecule has 0 aliphatic heterocycles. The van der Waals surface area contributed by atoms with Crippen molar-refractivity contribution < 1.29 is 9.59 Å². The highest BCUT2D eigenvalue weighted by molar-refractivity contribution is 6.02. The van der Waals surface area contributed by atoms with Gasteiger partial charge in [0.2, 0.25) is 5.91 Å². The Balaban J connectivity index is 1.60. The number of hydrogen-bond donors (Lipinski definition) is 2. The summed E-state index contributed by atoms with van der Waals surface area (Å²) in [5, 5.41) is 9.43. The van der Waals surface area contributed by atoms with Gasteiger partial charge < -0.3 is 10.6 Å². The van der Waals surface area contributed by atoms with E-state index < -0.39 is 6.04 Å². The SMILES string of the molecule is C[C@@H](C(=O)Nc1ccc(NC(=O)c2cnccn2)cc1)n1cncn1. The van der Waals surface area contributed by atoms with Gasteiger partial charge in [-0.2, -0.15) is 5.10 Å². The second-order valence-electron chi connectivity index (χ2n) is 5.16. The Labute approximate surface area is 143 Å². The summed E-state index contributed by atoms with van der Waals surface area (Å²) in [4.78, 5) is 35.8. The highest BCUT2D eigenvalue weighted by atomic mass is 16.2. The van der Waals surface area contributed by atoms with Crippen LogP contribution in [0.2, 0.25) is 0 Å². The van der Waals surface area contributed by atoms with Crippen LogP contribution in [0.4, 0.5) is 11.4 Å². The van der Waals surface area contributed by atoms with Crippen molar-refractivity contribution in [2.75, 3.05) is 10.6 Å². The Morgan fingerprint density at radius 1 is 1.04 bits per heavy atom. The number of carbonyl (C=O) groups is 2. The lowest BCUT2D eigenvalue weighted by Gasteiger charge is -2.12. The summed E-state index contributed by atoms with van der Waals surface area (Å²) in [5.74, 6) is -0.577. The fraction of sp³-hybridized carbons (Fsp3) is 0.125. The maximum Gasteiger partial charge on any atom is 0.275 e. The smallest absolute Gasteiger partial charge is 0.275 e. The van der Waals surface area contributed by atoms with E-state index in [1.807, 2.05) is 0 Å². The molecule has 0 unspecified atom stereocenters. The molecule has 0 aliphatic rings. The summed E-state index contributed by atoms with van der Waals surface area (Å²) in [5.41, 5.74) is 1.41. The monoisotopic (exact) mass is 337 g/mol. The molecule has 0 bridgehead atoms. The number of carbonyl (C=O) groups excluding carboxylic acids is 2. The lowest BCUT2D eigenvalue weighted by molar-refractivity contribution is -0.119. The third-order valence-corrected chi connectivity index (χ3v) is 3.42. The normalized spacial score (nSPS) is 11.6. The standard InChI is InChI=1S/C16H15N7O2/c1-11(23-10-18-9-20-23)15(24)21-12-2-4-13(5-3-12)22-16(25)14-8-17-6-7-19-14/h2-11H,1H3,(H,21,24)(H,22,25)/t11-/m0/s1. The molecular weight excluding hydrogens is 322 g/mol. The van der Waals surface area contributed by atoms with E-state index in [4.69, 9.17) is 0 Å². The molecule has 9 heteroatoms. The van der Waals surface area contributed by atoms with Gasteiger partial charge in [-0.3, -0.25) is 14.6 Å². The minimum absolute atomic E-state index is 0.221. The first-order chi connectivity index (χ1) is 12.1. The van der Waals surface area contributed by atoms with E-state index in [1.165, 1.54) is 35.9 Å². The van der Waals surface area contributed by atoms with Crippen LogP contribution in [0.5, 0.6) is 0 Å². The summed E-state index contributed by atoms with van der Waals surface area (Å²) in [7, 11) is 0. The van der Waals surface area contributed by atoms with Crippen LogP contribution in [-0.2, 0) is 4.79 Å². The highest BCUT2D eigenvalue weighted by Gasteiger charge is 2.15. The molecule has 0 fully saturated rings. The Morgan fingerprint density at radius 3 is 2.36 bits per heavy atom. The van der Waals surface area contributed by atoms with Crippen molar-refractivity contribution >= 4 is 23.2 Å². The first-order valence-electron chi connectivity index (χ1n) is 7.46. The molecule has 2 N–H and O–H groups in total. The van der Waals surface area contributed by atoms with E-state index in [1.54, 1.807) is 31.2 Å². The number of anilines is 2. The van der Waals surface area contributed by atoms with Crippen molar-refractivity contribution in [1.29, 1.82) is 0 Å². The third kappa shape index (κ3) is 4.02. The van der Waals surface area contributed by atoms with E-state index in [2.05, 4.69) is 30.7 Å². The van der Waals surface area contributed by atoms with E-state index in [9.17, 15) is 9.59 Å². The van der Waals surface area contributed by atoms with Gasteiger partial charge in [-0.1, -0.05) is 0 Å². The molecule has 0 saturated heterocycles. The Morgan fingerprint density at radius 2 is 1.76 bits per heavy atom. The van der Waals surface area contributed by atoms with E-state index in [-0.39, 0.29) is 17.5 Å². The van der Waals surface area contributed by atoms with Crippen LogP contribution in [0.25, 0.3) is 0 Å². The lowest BCUT2D eigenvalue weighted by Crippen LogP contribution is -2.24. The summed E-state index contributed by atoms with van der Waals surface area (Å²) in [6, 6.07) is 6.27. The van der Waals surface area contributed by atoms with Crippen LogP contribution >= 0.6 is 0 Å². The quantitative estimate of drug-likeness (QED) is 0.729. The molecule has 3 aromatic rings. The van der Waals surface area contributed by atoms with Crippen LogP contribution in [0.1, 0.15) is 23.5 Å². The molecule has 25 heavy (non-hydrogen) atoms. The molecular formula is C16H15N7O2. The van der Waals surface area contributed by atoms with Crippen LogP contribution < -0.4 is 10.6 Å². The van der Waals surface area contributed by atoms with Crippen molar-refractivity contribution in [1.82, 2.24) is 24.7 Å². The van der Waals surface area contributed by atoms with Crippen molar-refractivity contribution in [2.45, 2.75) is 13.0 Å². The zero-order valence-corrected chi connectivity index (χ0v) is 13.3. The average molecular weight is 337 g/mol. The van der Waals surface area contributed by atoms with Gasteiger partial charge in [0, 0.05) is 23.8 Å². The molecule has 0 spiro atoms. The number of rotatable bonds is 5. The molecule has 1 atom stereocenters. The van der Waals surface area contributed by atoms with Gasteiger partial charge >= 0.3 is 0 Å².